The predicted octanol–water partition coefficient (Wildman–Crippen LogP) is 1.65. The average Bonchev–Trinajstić information content (AvgIpc) is 2.28. The Kier molecular flexibility index (Phi) is 3.92. The number of aryl methyl sites for hydroxylation is 1. The minimum atomic E-state index is -0.717. The first-order chi connectivity index (χ1) is 7.95. The Morgan fingerprint density at radius 1 is 1.41 bits per heavy atom. The molecular weight excluding hydrogens is 226 g/mol. The van der Waals surface area contributed by atoms with Crippen molar-refractivity contribution in [2.45, 2.75) is 13.3 Å². The first-order valence-electron chi connectivity index (χ1n) is 4.80. The number of carbonyl (C=O) groups excluding carboxylic acids is 2. The molecule has 0 amide bonds. The Morgan fingerprint density at radius 3 is 2.59 bits per heavy atom. The third kappa shape index (κ3) is 3.10. The number of methoxy groups -OCH3 is 1. The Bertz CT molecular complexity index is 481. The number of esters is 1. The number of rotatable bonds is 4. The number of hydrogen-bond donors (Lipinski definition) is 0. The topological polar surface area (TPSA) is 86.5 Å². The van der Waals surface area contributed by atoms with Crippen LogP contribution < -0.4 is 0 Å². The van der Waals surface area contributed by atoms with Crippen molar-refractivity contribution in [3.05, 3.63) is 39.4 Å². The zero-order valence-electron chi connectivity index (χ0n) is 9.43. The van der Waals surface area contributed by atoms with Crippen molar-refractivity contribution in [2.24, 2.45) is 0 Å². The fourth-order valence-corrected chi connectivity index (χ4v) is 1.33. The lowest BCUT2D eigenvalue weighted by molar-refractivity contribution is -0.385. The molecule has 0 radical (unpaired) electrons. The van der Waals surface area contributed by atoms with Crippen LogP contribution in [0.25, 0.3) is 0 Å². The van der Waals surface area contributed by atoms with Gasteiger partial charge in [-0.3, -0.25) is 19.7 Å². The maximum absolute atomic E-state index is 11.7. The van der Waals surface area contributed by atoms with Gasteiger partial charge in [0.05, 0.1) is 17.6 Å². The molecule has 1 rings (SSSR count). The van der Waals surface area contributed by atoms with Crippen LogP contribution in [0.15, 0.2) is 18.2 Å². The smallest absolute Gasteiger partial charge is 0.313 e. The van der Waals surface area contributed by atoms with Gasteiger partial charge in [-0.25, -0.2) is 0 Å². The quantitative estimate of drug-likeness (QED) is 0.261. The van der Waals surface area contributed by atoms with E-state index in [1.165, 1.54) is 18.2 Å². The summed E-state index contributed by atoms with van der Waals surface area (Å²) in [7, 11) is 1.15. The molecule has 17 heavy (non-hydrogen) atoms. The highest BCUT2D eigenvalue weighted by atomic mass is 16.6. The first kappa shape index (κ1) is 12.8. The average molecular weight is 237 g/mol. The van der Waals surface area contributed by atoms with Crippen LogP contribution in [0, 0.1) is 17.0 Å². The Hall–Kier alpha value is -2.24. The number of nitro groups is 1. The van der Waals surface area contributed by atoms with E-state index in [0.717, 1.165) is 7.11 Å². The molecule has 6 heteroatoms. The highest BCUT2D eigenvalue weighted by molar-refractivity contribution is 6.08. The summed E-state index contributed by atoms with van der Waals surface area (Å²) in [6.45, 7) is 1.71. The van der Waals surface area contributed by atoms with Gasteiger partial charge in [0.15, 0.2) is 5.78 Å². The lowest BCUT2D eigenvalue weighted by atomic mass is 10.0. The lowest BCUT2D eigenvalue weighted by Crippen LogP contribution is -2.11. The van der Waals surface area contributed by atoms with Gasteiger partial charge in [-0.1, -0.05) is 6.07 Å². The fourth-order valence-electron chi connectivity index (χ4n) is 1.33. The molecule has 6 nitrogen and oxygen atoms in total. The number of carbonyl (C=O) groups is 2. The van der Waals surface area contributed by atoms with Gasteiger partial charge in [0.2, 0.25) is 0 Å². The number of nitrogens with zero attached hydrogens (tertiary/aromatic N) is 1. The maximum Gasteiger partial charge on any atom is 0.313 e. The normalized spacial score (nSPS) is 9.76. The van der Waals surface area contributed by atoms with Gasteiger partial charge < -0.3 is 4.74 Å². The van der Waals surface area contributed by atoms with Crippen LogP contribution in [0.1, 0.15) is 22.3 Å². The van der Waals surface area contributed by atoms with Crippen molar-refractivity contribution < 1.29 is 19.2 Å². The lowest BCUT2D eigenvalue weighted by Gasteiger charge is -2.02. The van der Waals surface area contributed by atoms with E-state index in [-0.39, 0.29) is 11.3 Å². The van der Waals surface area contributed by atoms with Gasteiger partial charge in [-0.15, -0.1) is 0 Å². The molecule has 0 aromatic heterocycles. The summed E-state index contributed by atoms with van der Waals surface area (Å²) in [4.78, 5) is 32.7. The molecule has 0 aliphatic rings. The molecule has 0 heterocycles. The summed E-state index contributed by atoms with van der Waals surface area (Å²) >= 11 is 0. The number of ketones is 1. The fraction of sp³-hybridized carbons (Fsp3) is 0.273. The van der Waals surface area contributed by atoms with E-state index in [9.17, 15) is 19.7 Å². The van der Waals surface area contributed by atoms with E-state index in [2.05, 4.69) is 4.74 Å². The summed E-state index contributed by atoms with van der Waals surface area (Å²) in [5, 5.41) is 10.7. The molecule has 0 spiro atoms. The number of Topliss-reactive ketones (excluding diaryl/α,β-unsaturated/α-hetero) is 1. The zero-order valence-corrected chi connectivity index (χ0v) is 9.43. The van der Waals surface area contributed by atoms with E-state index in [0.29, 0.717) is 5.56 Å². The second-order valence-electron chi connectivity index (χ2n) is 3.45. The van der Waals surface area contributed by atoms with Crippen LogP contribution in [0.4, 0.5) is 5.69 Å². The third-order valence-electron chi connectivity index (χ3n) is 2.18. The van der Waals surface area contributed by atoms with Crippen molar-refractivity contribution in [3.8, 4) is 0 Å². The largest absolute Gasteiger partial charge is 0.469 e. The van der Waals surface area contributed by atoms with Gasteiger partial charge in [0.1, 0.15) is 6.42 Å². The highest BCUT2D eigenvalue weighted by Crippen LogP contribution is 2.21. The molecule has 0 atom stereocenters. The van der Waals surface area contributed by atoms with Gasteiger partial charge in [-0.05, 0) is 18.6 Å². The second-order valence-corrected chi connectivity index (χ2v) is 3.45. The van der Waals surface area contributed by atoms with Crippen LogP contribution in [0.5, 0.6) is 0 Å². The highest BCUT2D eigenvalue weighted by Gasteiger charge is 2.22. The molecular formula is C11H11NO5. The number of benzene rings is 1. The summed E-state index contributed by atoms with van der Waals surface area (Å²) in [6, 6.07) is 4.18. The number of nitro benzene ring substituents is 1. The molecule has 1 aromatic carbocycles. The van der Waals surface area contributed by atoms with Gasteiger partial charge in [-0.2, -0.15) is 0 Å². The van der Waals surface area contributed by atoms with Crippen LogP contribution in [0.2, 0.25) is 0 Å². The molecule has 0 unspecified atom stereocenters. The van der Waals surface area contributed by atoms with Crippen molar-refractivity contribution in [1.29, 1.82) is 0 Å². The minimum Gasteiger partial charge on any atom is -0.469 e. The van der Waals surface area contributed by atoms with Gasteiger partial charge in [0, 0.05) is 6.07 Å². The molecule has 0 saturated heterocycles. The van der Waals surface area contributed by atoms with Crippen LogP contribution >= 0.6 is 0 Å². The molecule has 0 fully saturated rings. The van der Waals surface area contributed by atoms with E-state index in [4.69, 9.17) is 0 Å². The van der Waals surface area contributed by atoms with Crippen LogP contribution in [0.3, 0.4) is 0 Å². The third-order valence-corrected chi connectivity index (χ3v) is 2.18. The Labute approximate surface area is 97.3 Å². The van der Waals surface area contributed by atoms with Crippen molar-refractivity contribution in [1.82, 2.24) is 0 Å². The van der Waals surface area contributed by atoms with E-state index < -0.39 is 23.1 Å². The molecule has 0 saturated carbocycles. The van der Waals surface area contributed by atoms with Crippen molar-refractivity contribution in [3.63, 3.8) is 0 Å². The number of hydrogen-bond acceptors (Lipinski definition) is 5. The minimum absolute atomic E-state index is 0.0691. The summed E-state index contributed by atoms with van der Waals surface area (Å²) < 4.78 is 4.34. The summed E-state index contributed by atoms with van der Waals surface area (Å²) in [6.07, 6.45) is -0.499. The molecule has 0 N–H and O–H groups in total. The van der Waals surface area contributed by atoms with Crippen molar-refractivity contribution in [2.75, 3.05) is 7.11 Å². The van der Waals surface area contributed by atoms with E-state index >= 15 is 0 Å². The van der Waals surface area contributed by atoms with Gasteiger partial charge in [0.25, 0.3) is 5.69 Å². The Morgan fingerprint density at radius 2 is 2.06 bits per heavy atom. The van der Waals surface area contributed by atoms with Crippen LogP contribution in [-0.4, -0.2) is 23.8 Å². The summed E-state index contributed by atoms with van der Waals surface area (Å²) in [5.74, 6) is -1.34. The van der Waals surface area contributed by atoms with Crippen LogP contribution in [-0.2, 0) is 9.53 Å². The monoisotopic (exact) mass is 237 g/mol. The standard InChI is InChI=1S/C11H11NO5/c1-7-3-4-9(12(15)16)8(5-7)10(13)6-11(14)17-2/h3-5H,6H2,1-2H3. The molecule has 90 valence electrons. The van der Waals surface area contributed by atoms with Gasteiger partial charge >= 0.3 is 5.97 Å². The predicted molar refractivity (Wildman–Crippen MR) is 58.8 cm³/mol. The number of ether oxygens (including phenoxy) is 1. The molecule has 0 aliphatic carbocycles. The maximum atomic E-state index is 11.7. The Balaban J connectivity index is 3.11. The van der Waals surface area contributed by atoms with Crippen molar-refractivity contribution >= 4 is 17.4 Å². The molecule has 0 bridgehead atoms. The second kappa shape index (κ2) is 5.20. The molecule has 0 aliphatic heterocycles. The van der Waals surface area contributed by atoms with E-state index in [1.807, 2.05) is 0 Å². The first-order valence-corrected chi connectivity index (χ1v) is 4.80. The zero-order chi connectivity index (χ0) is 13.0. The SMILES string of the molecule is COC(=O)CC(=O)c1cc(C)ccc1[N+](=O)[O-]. The molecule has 1 aromatic rings. The summed E-state index contributed by atoms with van der Waals surface area (Å²) in [5.41, 5.74) is 0.341. The van der Waals surface area contributed by atoms with E-state index in [1.54, 1.807) is 6.92 Å².